The number of hydrogen-bond acceptors (Lipinski definition) is 3. The third-order valence-electron chi connectivity index (χ3n) is 2.63. The summed E-state index contributed by atoms with van der Waals surface area (Å²) in [5.41, 5.74) is 2.03. The second-order valence-electron chi connectivity index (χ2n) is 3.62. The maximum atomic E-state index is 5.39. The molecule has 2 aromatic rings. The molecule has 0 aliphatic heterocycles. The molecule has 2 rings (SSSR count). The first-order valence-electron chi connectivity index (χ1n) is 5.26. The lowest BCUT2D eigenvalue weighted by Gasteiger charge is -2.14. The maximum absolute atomic E-state index is 5.39. The van der Waals surface area contributed by atoms with Crippen molar-refractivity contribution in [1.82, 2.24) is 0 Å². The van der Waals surface area contributed by atoms with Gasteiger partial charge < -0.3 is 13.9 Å². The Morgan fingerprint density at radius 3 is 2.44 bits per heavy atom. The summed E-state index contributed by atoms with van der Waals surface area (Å²) >= 11 is 7.03. The molecule has 18 heavy (non-hydrogen) atoms. The van der Waals surface area contributed by atoms with E-state index in [0.717, 1.165) is 22.6 Å². The second-order valence-corrected chi connectivity index (χ2v) is 5.26. The molecule has 96 valence electrons. The van der Waals surface area contributed by atoms with Crippen molar-refractivity contribution in [2.45, 2.75) is 4.83 Å². The minimum Gasteiger partial charge on any atom is -0.497 e. The molecule has 0 N–H and O–H groups in total. The Bertz CT molecular complexity index is 537. The van der Waals surface area contributed by atoms with Gasteiger partial charge in [-0.15, -0.1) is 0 Å². The molecule has 1 aromatic carbocycles. The summed E-state index contributed by atoms with van der Waals surface area (Å²) in [6.45, 7) is 0. The minimum atomic E-state index is -0.00789. The lowest BCUT2D eigenvalue weighted by molar-refractivity contribution is 0.391. The standard InChI is InChI=1S/C13H12Br2O3/c1-16-8-3-4-9(11(7-8)17-2)12(14)10-5-6-18-13(10)15/h3-7,12H,1-2H3. The average Bonchev–Trinajstić information content (AvgIpc) is 2.83. The second kappa shape index (κ2) is 5.80. The van der Waals surface area contributed by atoms with Crippen LogP contribution in [0.2, 0.25) is 0 Å². The van der Waals surface area contributed by atoms with Gasteiger partial charge >= 0.3 is 0 Å². The van der Waals surface area contributed by atoms with E-state index in [4.69, 9.17) is 13.9 Å². The molecular formula is C13H12Br2O3. The molecule has 0 saturated heterocycles. The summed E-state index contributed by atoms with van der Waals surface area (Å²) in [7, 11) is 3.27. The Hall–Kier alpha value is -0.940. The van der Waals surface area contributed by atoms with Crippen LogP contribution in [0.15, 0.2) is 39.6 Å². The summed E-state index contributed by atoms with van der Waals surface area (Å²) < 4.78 is 16.5. The number of benzene rings is 1. The van der Waals surface area contributed by atoms with Gasteiger partial charge in [-0.2, -0.15) is 0 Å². The van der Waals surface area contributed by atoms with E-state index in [2.05, 4.69) is 31.9 Å². The van der Waals surface area contributed by atoms with Crippen molar-refractivity contribution in [2.75, 3.05) is 14.2 Å². The van der Waals surface area contributed by atoms with Crippen molar-refractivity contribution in [1.29, 1.82) is 0 Å². The van der Waals surface area contributed by atoms with Gasteiger partial charge in [0.2, 0.25) is 0 Å². The lowest BCUT2D eigenvalue weighted by Crippen LogP contribution is -1.97. The van der Waals surface area contributed by atoms with Gasteiger partial charge in [-0.3, -0.25) is 0 Å². The van der Waals surface area contributed by atoms with Crippen LogP contribution in [0.5, 0.6) is 11.5 Å². The van der Waals surface area contributed by atoms with E-state index in [1.165, 1.54) is 0 Å². The number of furan rings is 1. The van der Waals surface area contributed by atoms with Gasteiger partial charge in [0, 0.05) is 17.2 Å². The number of rotatable bonds is 4. The normalized spacial score (nSPS) is 12.2. The van der Waals surface area contributed by atoms with Crippen LogP contribution in [0.25, 0.3) is 0 Å². The van der Waals surface area contributed by atoms with Gasteiger partial charge in [0.25, 0.3) is 0 Å². The molecule has 1 aromatic heterocycles. The first-order chi connectivity index (χ1) is 8.67. The number of ether oxygens (including phenoxy) is 2. The van der Waals surface area contributed by atoms with Crippen molar-refractivity contribution in [3.8, 4) is 11.5 Å². The van der Waals surface area contributed by atoms with Crippen molar-refractivity contribution < 1.29 is 13.9 Å². The molecule has 0 radical (unpaired) electrons. The lowest BCUT2D eigenvalue weighted by atomic mass is 10.1. The topological polar surface area (TPSA) is 31.6 Å². The molecule has 0 aliphatic rings. The van der Waals surface area contributed by atoms with E-state index in [0.29, 0.717) is 4.67 Å². The summed E-state index contributed by atoms with van der Waals surface area (Å²) in [4.78, 5) is -0.00789. The highest BCUT2D eigenvalue weighted by molar-refractivity contribution is 9.10. The number of hydrogen-bond donors (Lipinski definition) is 0. The third-order valence-corrected chi connectivity index (χ3v) is 4.26. The van der Waals surface area contributed by atoms with Gasteiger partial charge in [-0.1, -0.05) is 22.0 Å². The Labute approximate surface area is 122 Å². The molecule has 0 amide bonds. The predicted molar refractivity (Wildman–Crippen MR) is 76.7 cm³/mol. The summed E-state index contributed by atoms with van der Waals surface area (Å²) in [5, 5.41) is 0. The number of halogens is 2. The van der Waals surface area contributed by atoms with Gasteiger partial charge in [0.05, 0.1) is 25.3 Å². The smallest absolute Gasteiger partial charge is 0.173 e. The molecule has 0 aliphatic carbocycles. The molecule has 0 bridgehead atoms. The number of alkyl halides is 1. The van der Waals surface area contributed by atoms with Crippen molar-refractivity contribution in [2.24, 2.45) is 0 Å². The van der Waals surface area contributed by atoms with Crippen molar-refractivity contribution >= 4 is 31.9 Å². The Morgan fingerprint density at radius 1 is 1.11 bits per heavy atom. The van der Waals surface area contributed by atoms with E-state index >= 15 is 0 Å². The molecule has 0 saturated carbocycles. The molecule has 3 nitrogen and oxygen atoms in total. The zero-order valence-electron chi connectivity index (χ0n) is 9.94. The monoisotopic (exact) mass is 374 g/mol. The van der Waals surface area contributed by atoms with Gasteiger partial charge in [-0.05, 0) is 28.1 Å². The first-order valence-corrected chi connectivity index (χ1v) is 6.97. The molecule has 1 atom stereocenters. The van der Waals surface area contributed by atoms with Crippen LogP contribution in [-0.4, -0.2) is 14.2 Å². The SMILES string of the molecule is COc1ccc(C(Br)c2ccoc2Br)c(OC)c1. The van der Waals surface area contributed by atoms with Crippen molar-refractivity contribution in [3.63, 3.8) is 0 Å². The number of methoxy groups -OCH3 is 2. The highest BCUT2D eigenvalue weighted by Gasteiger charge is 2.19. The Balaban J connectivity index is 2.41. The third kappa shape index (κ3) is 2.57. The van der Waals surface area contributed by atoms with E-state index in [9.17, 15) is 0 Å². The molecular weight excluding hydrogens is 364 g/mol. The summed E-state index contributed by atoms with van der Waals surface area (Å²) in [6.07, 6.45) is 1.64. The van der Waals surface area contributed by atoms with Crippen LogP contribution in [0.1, 0.15) is 16.0 Å². The summed E-state index contributed by atoms with van der Waals surface area (Å²) in [6, 6.07) is 7.64. The van der Waals surface area contributed by atoms with Crippen LogP contribution in [0, 0.1) is 0 Å². The van der Waals surface area contributed by atoms with E-state index in [1.807, 2.05) is 24.3 Å². The largest absolute Gasteiger partial charge is 0.497 e. The van der Waals surface area contributed by atoms with E-state index in [1.54, 1.807) is 20.5 Å². The fourth-order valence-electron chi connectivity index (χ4n) is 1.68. The maximum Gasteiger partial charge on any atom is 0.173 e. The quantitative estimate of drug-likeness (QED) is 0.735. The van der Waals surface area contributed by atoms with Crippen LogP contribution < -0.4 is 9.47 Å². The van der Waals surface area contributed by atoms with Crippen LogP contribution in [0.3, 0.4) is 0 Å². The Morgan fingerprint density at radius 2 is 1.89 bits per heavy atom. The van der Waals surface area contributed by atoms with E-state index < -0.39 is 0 Å². The van der Waals surface area contributed by atoms with Crippen LogP contribution in [-0.2, 0) is 0 Å². The molecule has 1 heterocycles. The summed E-state index contributed by atoms with van der Waals surface area (Å²) in [5.74, 6) is 1.53. The molecule has 0 spiro atoms. The van der Waals surface area contributed by atoms with Crippen molar-refractivity contribution in [3.05, 3.63) is 46.3 Å². The average molecular weight is 376 g/mol. The highest BCUT2D eigenvalue weighted by atomic mass is 79.9. The van der Waals surface area contributed by atoms with Crippen LogP contribution >= 0.6 is 31.9 Å². The zero-order chi connectivity index (χ0) is 13.1. The molecule has 1 unspecified atom stereocenters. The predicted octanol–water partition coefficient (Wildman–Crippen LogP) is 4.54. The first kappa shape index (κ1) is 13.5. The van der Waals surface area contributed by atoms with Crippen LogP contribution in [0.4, 0.5) is 0 Å². The fraction of sp³-hybridized carbons (Fsp3) is 0.231. The van der Waals surface area contributed by atoms with Gasteiger partial charge in [-0.25, -0.2) is 0 Å². The Kier molecular flexibility index (Phi) is 4.35. The molecule has 5 heteroatoms. The molecule has 0 fully saturated rings. The fourth-order valence-corrected chi connectivity index (χ4v) is 3.20. The minimum absolute atomic E-state index is 0.00789. The highest BCUT2D eigenvalue weighted by Crippen LogP contribution is 2.41. The van der Waals surface area contributed by atoms with E-state index in [-0.39, 0.29) is 4.83 Å². The van der Waals surface area contributed by atoms with Gasteiger partial charge in [0.1, 0.15) is 11.5 Å². The van der Waals surface area contributed by atoms with Gasteiger partial charge in [0.15, 0.2) is 4.67 Å². The zero-order valence-corrected chi connectivity index (χ0v) is 13.1.